The third-order valence-electron chi connectivity index (χ3n) is 2.98. The van der Waals surface area contributed by atoms with Gasteiger partial charge in [0.25, 0.3) is 5.69 Å². The molecule has 0 radical (unpaired) electrons. The summed E-state index contributed by atoms with van der Waals surface area (Å²) in [6, 6.07) is 11.1. The zero-order valence-corrected chi connectivity index (χ0v) is 13.0. The standard InChI is InChI=1S/C15H14ClN3O4/c1-23-14-5-3-2-4-11(14)17-9-15(20)18-12-8-10(16)6-7-13(12)19(21)22/h2-8,17H,9H2,1H3,(H,18,20). The fourth-order valence-corrected chi connectivity index (χ4v) is 2.10. The molecule has 2 rings (SSSR count). The lowest BCUT2D eigenvalue weighted by Gasteiger charge is -2.11. The SMILES string of the molecule is COc1ccccc1NCC(=O)Nc1cc(Cl)ccc1[N+](=O)[O-]. The number of nitro benzene ring substituents is 1. The Hall–Kier alpha value is -2.80. The number of methoxy groups -OCH3 is 1. The van der Waals surface area contributed by atoms with Gasteiger partial charge in [-0.25, -0.2) is 0 Å². The summed E-state index contributed by atoms with van der Waals surface area (Å²) in [5.41, 5.74) is 0.472. The maximum absolute atomic E-state index is 12.0. The lowest BCUT2D eigenvalue weighted by atomic mass is 10.2. The van der Waals surface area contributed by atoms with Gasteiger partial charge >= 0.3 is 0 Å². The third-order valence-corrected chi connectivity index (χ3v) is 3.21. The van der Waals surface area contributed by atoms with Crippen molar-refractivity contribution >= 4 is 34.6 Å². The quantitative estimate of drug-likeness (QED) is 0.624. The summed E-state index contributed by atoms with van der Waals surface area (Å²) in [5.74, 6) is 0.148. The number of nitrogens with zero attached hydrogens (tertiary/aromatic N) is 1. The van der Waals surface area contributed by atoms with E-state index in [-0.39, 0.29) is 17.9 Å². The number of carbonyl (C=O) groups is 1. The Labute approximate surface area is 137 Å². The lowest BCUT2D eigenvalue weighted by Crippen LogP contribution is -2.22. The Morgan fingerprint density at radius 3 is 2.70 bits per heavy atom. The molecular formula is C15H14ClN3O4. The van der Waals surface area contributed by atoms with Crippen molar-refractivity contribution in [2.24, 2.45) is 0 Å². The molecule has 0 aliphatic carbocycles. The molecule has 7 nitrogen and oxygen atoms in total. The second-order valence-corrected chi connectivity index (χ2v) is 4.96. The summed E-state index contributed by atoms with van der Waals surface area (Å²) in [4.78, 5) is 22.4. The van der Waals surface area contributed by atoms with Crippen molar-refractivity contribution in [1.82, 2.24) is 0 Å². The van der Waals surface area contributed by atoms with Crippen LogP contribution < -0.4 is 15.4 Å². The number of anilines is 2. The number of ether oxygens (including phenoxy) is 1. The van der Waals surface area contributed by atoms with E-state index in [4.69, 9.17) is 16.3 Å². The number of hydrogen-bond donors (Lipinski definition) is 2. The van der Waals surface area contributed by atoms with Crippen LogP contribution in [0.5, 0.6) is 5.75 Å². The molecule has 0 atom stereocenters. The number of rotatable bonds is 6. The Kier molecular flexibility index (Phi) is 5.37. The van der Waals surface area contributed by atoms with Crippen LogP contribution in [0.25, 0.3) is 0 Å². The van der Waals surface area contributed by atoms with E-state index in [0.717, 1.165) is 0 Å². The Morgan fingerprint density at radius 1 is 1.26 bits per heavy atom. The highest BCUT2D eigenvalue weighted by molar-refractivity contribution is 6.31. The minimum absolute atomic E-state index is 0.0503. The first-order chi connectivity index (χ1) is 11.0. The van der Waals surface area contributed by atoms with Crippen LogP contribution in [-0.4, -0.2) is 24.5 Å². The minimum Gasteiger partial charge on any atom is -0.495 e. The second-order valence-electron chi connectivity index (χ2n) is 4.52. The van der Waals surface area contributed by atoms with Crippen molar-refractivity contribution in [3.63, 3.8) is 0 Å². The number of carbonyl (C=O) groups excluding carboxylic acids is 1. The van der Waals surface area contributed by atoms with Gasteiger partial charge in [-0.2, -0.15) is 0 Å². The highest BCUT2D eigenvalue weighted by atomic mass is 35.5. The number of amides is 1. The van der Waals surface area contributed by atoms with Gasteiger partial charge in [-0.1, -0.05) is 23.7 Å². The lowest BCUT2D eigenvalue weighted by molar-refractivity contribution is -0.383. The predicted octanol–water partition coefficient (Wildman–Crippen LogP) is 3.31. The van der Waals surface area contributed by atoms with E-state index in [1.165, 1.54) is 25.3 Å². The molecule has 120 valence electrons. The van der Waals surface area contributed by atoms with E-state index in [9.17, 15) is 14.9 Å². The fraction of sp³-hybridized carbons (Fsp3) is 0.133. The van der Waals surface area contributed by atoms with Crippen molar-refractivity contribution < 1.29 is 14.5 Å². The smallest absolute Gasteiger partial charge is 0.292 e. The summed E-state index contributed by atoms with van der Waals surface area (Å²) < 4.78 is 5.16. The molecular weight excluding hydrogens is 322 g/mol. The first kappa shape index (κ1) is 16.6. The molecule has 0 bridgehead atoms. The Balaban J connectivity index is 2.05. The van der Waals surface area contributed by atoms with Gasteiger partial charge < -0.3 is 15.4 Å². The van der Waals surface area contributed by atoms with Gasteiger partial charge in [-0.15, -0.1) is 0 Å². The molecule has 0 heterocycles. The molecule has 2 aromatic carbocycles. The molecule has 0 aliphatic heterocycles. The van der Waals surface area contributed by atoms with Crippen molar-refractivity contribution in [1.29, 1.82) is 0 Å². The third kappa shape index (κ3) is 4.33. The summed E-state index contributed by atoms with van der Waals surface area (Å²) in [5, 5.41) is 16.6. The zero-order valence-electron chi connectivity index (χ0n) is 12.2. The zero-order chi connectivity index (χ0) is 16.8. The average molecular weight is 336 g/mol. The van der Waals surface area contributed by atoms with E-state index >= 15 is 0 Å². The second kappa shape index (κ2) is 7.46. The van der Waals surface area contributed by atoms with E-state index < -0.39 is 10.8 Å². The molecule has 23 heavy (non-hydrogen) atoms. The van der Waals surface area contributed by atoms with E-state index in [1.807, 2.05) is 0 Å². The largest absolute Gasteiger partial charge is 0.495 e. The molecule has 2 aromatic rings. The molecule has 8 heteroatoms. The normalized spacial score (nSPS) is 10.0. The van der Waals surface area contributed by atoms with E-state index in [1.54, 1.807) is 24.3 Å². The first-order valence-electron chi connectivity index (χ1n) is 6.62. The molecule has 0 unspecified atom stereocenters. The highest BCUT2D eigenvalue weighted by Crippen LogP contribution is 2.27. The van der Waals surface area contributed by atoms with Gasteiger partial charge in [0.15, 0.2) is 0 Å². The van der Waals surface area contributed by atoms with Gasteiger partial charge in [-0.05, 0) is 24.3 Å². The van der Waals surface area contributed by atoms with Crippen LogP contribution in [0.4, 0.5) is 17.1 Å². The molecule has 1 amide bonds. The number of halogens is 1. The van der Waals surface area contributed by atoms with Crippen molar-refractivity contribution in [3.8, 4) is 5.75 Å². The predicted molar refractivity (Wildman–Crippen MR) is 88.2 cm³/mol. The molecule has 2 N–H and O–H groups in total. The van der Waals surface area contributed by atoms with Gasteiger partial charge in [0.05, 0.1) is 24.3 Å². The summed E-state index contributed by atoms with van der Waals surface area (Å²) >= 11 is 5.81. The molecule has 0 spiro atoms. The van der Waals surface area contributed by atoms with Gasteiger partial charge in [0.2, 0.25) is 5.91 Å². The average Bonchev–Trinajstić information content (AvgIpc) is 2.53. The highest BCUT2D eigenvalue weighted by Gasteiger charge is 2.16. The van der Waals surface area contributed by atoms with Gasteiger partial charge in [0.1, 0.15) is 11.4 Å². The van der Waals surface area contributed by atoms with Crippen LogP contribution in [0.15, 0.2) is 42.5 Å². The van der Waals surface area contributed by atoms with E-state index in [0.29, 0.717) is 16.5 Å². The van der Waals surface area contributed by atoms with Crippen LogP contribution >= 0.6 is 11.6 Å². The molecule has 0 saturated carbocycles. The molecule has 0 aromatic heterocycles. The number of benzene rings is 2. The van der Waals surface area contributed by atoms with Crippen LogP contribution in [0, 0.1) is 10.1 Å². The topological polar surface area (TPSA) is 93.5 Å². The minimum atomic E-state index is -0.584. The Bertz CT molecular complexity index is 736. The van der Waals surface area contributed by atoms with Crippen LogP contribution in [0.2, 0.25) is 5.02 Å². The van der Waals surface area contributed by atoms with Crippen LogP contribution in [-0.2, 0) is 4.79 Å². The van der Waals surface area contributed by atoms with Crippen LogP contribution in [0.3, 0.4) is 0 Å². The summed E-state index contributed by atoms with van der Waals surface area (Å²) in [6.45, 7) is -0.0793. The monoisotopic (exact) mass is 335 g/mol. The fourth-order valence-electron chi connectivity index (χ4n) is 1.93. The first-order valence-corrected chi connectivity index (χ1v) is 6.99. The number of nitrogens with one attached hydrogen (secondary N) is 2. The van der Waals surface area contributed by atoms with Crippen LogP contribution in [0.1, 0.15) is 0 Å². The number of hydrogen-bond acceptors (Lipinski definition) is 5. The van der Waals surface area contributed by atoms with Gasteiger partial charge in [-0.3, -0.25) is 14.9 Å². The summed E-state index contributed by atoms with van der Waals surface area (Å²) in [6.07, 6.45) is 0. The maximum Gasteiger partial charge on any atom is 0.292 e. The van der Waals surface area contributed by atoms with Crippen molar-refractivity contribution in [2.75, 3.05) is 24.3 Å². The molecule has 0 saturated heterocycles. The van der Waals surface area contributed by atoms with Crippen molar-refractivity contribution in [2.45, 2.75) is 0 Å². The summed E-state index contributed by atoms with van der Waals surface area (Å²) in [7, 11) is 1.52. The number of para-hydroxylation sites is 2. The Morgan fingerprint density at radius 2 is 2.00 bits per heavy atom. The van der Waals surface area contributed by atoms with Crippen molar-refractivity contribution in [3.05, 3.63) is 57.6 Å². The van der Waals surface area contributed by atoms with Gasteiger partial charge in [0, 0.05) is 11.1 Å². The molecule has 0 aliphatic rings. The van der Waals surface area contributed by atoms with E-state index in [2.05, 4.69) is 10.6 Å². The maximum atomic E-state index is 12.0. The molecule has 0 fully saturated rings. The number of nitro groups is 1.